The number of rotatable bonds is 4. The van der Waals surface area contributed by atoms with Crippen LogP contribution in [0.1, 0.15) is 5.76 Å². The number of furan rings is 1. The van der Waals surface area contributed by atoms with Gasteiger partial charge in [-0.1, -0.05) is 12.1 Å². The van der Waals surface area contributed by atoms with Crippen LogP contribution in [-0.2, 0) is 6.54 Å². The standard InChI is InChI=1S/C13H11FN4O/c14-12-4-2-1-3-11(12)13-6-5-10(19-13)7-17-18-8-15-16-9-18/h1-6,8-9,17H,7H2. The van der Waals surface area contributed by atoms with Crippen molar-refractivity contribution in [3.05, 3.63) is 60.6 Å². The number of hydrogen-bond acceptors (Lipinski definition) is 4. The lowest BCUT2D eigenvalue weighted by atomic mass is 10.1. The second kappa shape index (κ2) is 4.93. The highest BCUT2D eigenvalue weighted by Crippen LogP contribution is 2.24. The van der Waals surface area contributed by atoms with Gasteiger partial charge in [0.1, 0.15) is 30.0 Å². The number of nitrogens with one attached hydrogen (secondary N) is 1. The first-order valence-electron chi connectivity index (χ1n) is 5.75. The summed E-state index contributed by atoms with van der Waals surface area (Å²) in [5.74, 6) is 0.917. The molecule has 0 aliphatic heterocycles. The molecule has 1 aromatic carbocycles. The van der Waals surface area contributed by atoms with Crippen molar-refractivity contribution in [3.63, 3.8) is 0 Å². The van der Waals surface area contributed by atoms with E-state index >= 15 is 0 Å². The van der Waals surface area contributed by atoms with E-state index in [-0.39, 0.29) is 5.82 Å². The molecule has 1 N–H and O–H groups in total. The summed E-state index contributed by atoms with van der Waals surface area (Å²) in [6.07, 6.45) is 3.08. The summed E-state index contributed by atoms with van der Waals surface area (Å²) in [7, 11) is 0. The molecule has 0 atom stereocenters. The lowest BCUT2D eigenvalue weighted by molar-refractivity contribution is 0.517. The van der Waals surface area contributed by atoms with Crippen LogP contribution in [0.15, 0.2) is 53.5 Å². The zero-order chi connectivity index (χ0) is 13.1. The van der Waals surface area contributed by atoms with Gasteiger partial charge in [0, 0.05) is 0 Å². The van der Waals surface area contributed by atoms with Crippen molar-refractivity contribution >= 4 is 0 Å². The Kier molecular flexibility index (Phi) is 2.97. The molecule has 3 rings (SSSR count). The molecular formula is C13H11FN4O. The van der Waals surface area contributed by atoms with Crippen LogP contribution in [-0.4, -0.2) is 14.9 Å². The Labute approximate surface area is 108 Å². The van der Waals surface area contributed by atoms with E-state index in [1.165, 1.54) is 6.07 Å². The fourth-order valence-corrected chi connectivity index (χ4v) is 1.73. The quantitative estimate of drug-likeness (QED) is 0.780. The van der Waals surface area contributed by atoms with Gasteiger partial charge < -0.3 is 9.84 Å². The topological polar surface area (TPSA) is 55.9 Å². The van der Waals surface area contributed by atoms with Gasteiger partial charge in [0.15, 0.2) is 0 Å². The maximum absolute atomic E-state index is 13.6. The third kappa shape index (κ3) is 2.47. The Hall–Kier alpha value is -2.63. The van der Waals surface area contributed by atoms with Crippen molar-refractivity contribution in [2.24, 2.45) is 0 Å². The molecule has 0 amide bonds. The largest absolute Gasteiger partial charge is 0.459 e. The number of benzene rings is 1. The zero-order valence-electron chi connectivity index (χ0n) is 9.95. The first kappa shape index (κ1) is 11.5. The molecule has 2 aromatic heterocycles. The molecule has 5 nitrogen and oxygen atoms in total. The van der Waals surface area contributed by atoms with Gasteiger partial charge in [-0.15, -0.1) is 10.2 Å². The third-order valence-electron chi connectivity index (χ3n) is 2.66. The lowest BCUT2D eigenvalue weighted by Crippen LogP contribution is -2.11. The van der Waals surface area contributed by atoms with Gasteiger partial charge in [0.2, 0.25) is 0 Å². The van der Waals surface area contributed by atoms with Crippen LogP contribution < -0.4 is 5.43 Å². The van der Waals surface area contributed by atoms with Gasteiger partial charge in [-0.05, 0) is 24.3 Å². The Morgan fingerprint density at radius 2 is 1.89 bits per heavy atom. The third-order valence-corrected chi connectivity index (χ3v) is 2.66. The molecular weight excluding hydrogens is 247 g/mol. The number of aromatic nitrogens is 3. The molecule has 0 saturated carbocycles. The fourth-order valence-electron chi connectivity index (χ4n) is 1.73. The molecule has 0 saturated heterocycles. The van der Waals surface area contributed by atoms with Crippen LogP contribution in [0.2, 0.25) is 0 Å². The van der Waals surface area contributed by atoms with Crippen molar-refractivity contribution in [1.82, 2.24) is 14.9 Å². The molecule has 19 heavy (non-hydrogen) atoms. The van der Waals surface area contributed by atoms with Crippen molar-refractivity contribution in [2.45, 2.75) is 6.54 Å². The van der Waals surface area contributed by atoms with E-state index in [0.29, 0.717) is 23.6 Å². The minimum atomic E-state index is -0.296. The average Bonchev–Trinajstić information content (AvgIpc) is 3.08. The Bertz CT molecular complexity index is 663. The van der Waals surface area contributed by atoms with E-state index in [9.17, 15) is 4.39 Å². The van der Waals surface area contributed by atoms with Gasteiger partial charge in [0.25, 0.3) is 0 Å². The van der Waals surface area contributed by atoms with E-state index in [1.54, 1.807) is 47.7 Å². The van der Waals surface area contributed by atoms with Gasteiger partial charge in [-0.25, -0.2) is 9.07 Å². The van der Waals surface area contributed by atoms with Gasteiger partial charge in [0.05, 0.1) is 12.1 Å². The molecule has 0 unspecified atom stereocenters. The molecule has 0 radical (unpaired) electrons. The molecule has 0 aliphatic carbocycles. The number of hydrogen-bond donors (Lipinski definition) is 1. The summed E-state index contributed by atoms with van der Waals surface area (Å²) in [5, 5.41) is 7.34. The molecule has 3 aromatic rings. The minimum absolute atomic E-state index is 0.296. The van der Waals surface area contributed by atoms with Crippen molar-refractivity contribution in [3.8, 4) is 11.3 Å². The SMILES string of the molecule is Fc1ccccc1-c1ccc(CNn2cnnc2)o1. The van der Waals surface area contributed by atoms with Crippen LogP contribution >= 0.6 is 0 Å². The molecule has 6 heteroatoms. The van der Waals surface area contributed by atoms with Crippen molar-refractivity contribution in [1.29, 1.82) is 0 Å². The Morgan fingerprint density at radius 3 is 2.68 bits per heavy atom. The summed E-state index contributed by atoms with van der Waals surface area (Å²) in [6.45, 7) is 0.465. The van der Waals surface area contributed by atoms with E-state index in [1.807, 2.05) is 0 Å². The van der Waals surface area contributed by atoms with E-state index in [0.717, 1.165) is 0 Å². The first-order valence-corrected chi connectivity index (χ1v) is 5.75. The summed E-state index contributed by atoms with van der Waals surface area (Å²) in [5.41, 5.74) is 3.48. The van der Waals surface area contributed by atoms with Crippen LogP contribution in [0.25, 0.3) is 11.3 Å². The molecule has 0 spiro atoms. The Balaban J connectivity index is 1.75. The highest BCUT2D eigenvalue weighted by atomic mass is 19.1. The van der Waals surface area contributed by atoms with Gasteiger partial charge in [-0.3, -0.25) is 0 Å². The van der Waals surface area contributed by atoms with Crippen LogP contribution in [0.4, 0.5) is 4.39 Å². The normalized spacial score (nSPS) is 10.6. The second-order valence-electron chi connectivity index (χ2n) is 3.95. The first-order chi connectivity index (χ1) is 9.33. The van der Waals surface area contributed by atoms with E-state index in [4.69, 9.17) is 4.42 Å². The van der Waals surface area contributed by atoms with Gasteiger partial charge >= 0.3 is 0 Å². The summed E-state index contributed by atoms with van der Waals surface area (Å²) < 4.78 is 20.8. The van der Waals surface area contributed by atoms with E-state index < -0.39 is 0 Å². The maximum atomic E-state index is 13.6. The molecule has 0 bridgehead atoms. The number of nitrogens with zero attached hydrogens (tertiary/aromatic N) is 3. The van der Waals surface area contributed by atoms with E-state index in [2.05, 4.69) is 15.6 Å². The van der Waals surface area contributed by atoms with Gasteiger partial charge in [-0.2, -0.15) is 0 Å². The Morgan fingerprint density at radius 1 is 1.11 bits per heavy atom. The zero-order valence-corrected chi connectivity index (χ0v) is 9.95. The van der Waals surface area contributed by atoms with Crippen LogP contribution in [0, 0.1) is 5.82 Å². The van der Waals surface area contributed by atoms with Crippen LogP contribution in [0.3, 0.4) is 0 Å². The highest BCUT2D eigenvalue weighted by molar-refractivity contribution is 5.58. The predicted octanol–water partition coefficient (Wildman–Crippen LogP) is 2.42. The second-order valence-corrected chi connectivity index (χ2v) is 3.95. The highest BCUT2D eigenvalue weighted by Gasteiger charge is 2.08. The fraction of sp³-hybridized carbons (Fsp3) is 0.0769. The lowest BCUT2D eigenvalue weighted by Gasteiger charge is -2.03. The molecule has 2 heterocycles. The minimum Gasteiger partial charge on any atom is -0.459 e. The van der Waals surface area contributed by atoms with Crippen LogP contribution in [0.5, 0.6) is 0 Å². The summed E-state index contributed by atoms with van der Waals surface area (Å²) in [4.78, 5) is 0. The van der Waals surface area contributed by atoms with Crippen molar-refractivity contribution in [2.75, 3.05) is 5.43 Å². The van der Waals surface area contributed by atoms with Crippen molar-refractivity contribution < 1.29 is 8.81 Å². The smallest absolute Gasteiger partial charge is 0.138 e. The summed E-state index contributed by atoms with van der Waals surface area (Å²) >= 11 is 0. The predicted molar refractivity (Wildman–Crippen MR) is 67.2 cm³/mol. The molecule has 0 aliphatic rings. The number of halogens is 1. The summed E-state index contributed by atoms with van der Waals surface area (Å²) in [6, 6.07) is 10.1. The maximum Gasteiger partial charge on any atom is 0.138 e. The molecule has 96 valence electrons. The monoisotopic (exact) mass is 258 g/mol. The average molecular weight is 258 g/mol. The molecule has 0 fully saturated rings.